The largest absolute Gasteiger partial charge is 1.00 e. The summed E-state index contributed by atoms with van der Waals surface area (Å²) in [5.74, 6) is -0.897. The summed E-state index contributed by atoms with van der Waals surface area (Å²) in [5, 5.41) is 5.11. The van der Waals surface area contributed by atoms with Crippen LogP contribution in [0.3, 0.4) is 0 Å². The molecular weight excluding hydrogens is 431 g/mol. The molecule has 1 unspecified atom stereocenters. The first-order valence-corrected chi connectivity index (χ1v) is 10.5. The van der Waals surface area contributed by atoms with Crippen LogP contribution in [-0.2, 0) is 28.5 Å². The summed E-state index contributed by atoms with van der Waals surface area (Å²) >= 11 is 0. The predicted molar refractivity (Wildman–Crippen MR) is 115 cm³/mol. The van der Waals surface area contributed by atoms with Gasteiger partial charge in [-0.1, -0.05) is 0 Å². The number of nitrogens with one attached hydrogen (secondary N) is 2. The van der Waals surface area contributed by atoms with Crippen molar-refractivity contribution in [3.63, 3.8) is 0 Å². The second-order valence-electron chi connectivity index (χ2n) is 9.05. The third kappa shape index (κ3) is 21.7. The van der Waals surface area contributed by atoms with Gasteiger partial charge in [0.15, 0.2) is 0 Å². The molecule has 0 radical (unpaired) electrons. The van der Waals surface area contributed by atoms with Crippen LogP contribution >= 0.6 is 0 Å². The maximum absolute atomic E-state index is 11.8. The third-order valence-corrected chi connectivity index (χ3v) is 3.26. The number of ether oxygens (including phenoxy) is 4. The van der Waals surface area contributed by atoms with Gasteiger partial charge in [-0.2, -0.15) is 0 Å². The first-order chi connectivity index (χ1) is 14.2. The van der Waals surface area contributed by atoms with E-state index in [1.54, 1.807) is 48.5 Å². The van der Waals surface area contributed by atoms with Crippen LogP contribution in [0.1, 0.15) is 75.6 Å². The Morgan fingerprint density at radius 1 is 0.781 bits per heavy atom. The first kappa shape index (κ1) is 32.7. The molecule has 0 aromatic rings. The van der Waals surface area contributed by atoms with E-state index in [0.29, 0.717) is 12.8 Å². The van der Waals surface area contributed by atoms with E-state index in [0.717, 1.165) is 0 Å². The number of amides is 2. The van der Waals surface area contributed by atoms with Crippen LogP contribution in [0.4, 0.5) is 9.59 Å². The van der Waals surface area contributed by atoms with Gasteiger partial charge in [-0.25, -0.2) is 9.59 Å². The van der Waals surface area contributed by atoms with Gasteiger partial charge in [0, 0.05) is 25.9 Å². The van der Waals surface area contributed by atoms with Gasteiger partial charge < -0.3 is 31.0 Å². The van der Waals surface area contributed by atoms with E-state index in [1.165, 1.54) is 0 Å². The Kier molecular flexibility index (Phi) is 16.5. The Labute approximate surface area is 214 Å². The van der Waals surface area contributed by atoms with Gasteiger partial charge in [0.05, 0.1) is 0 Å². The summed E-state index contributed by atoms with van der Waals surface area (Å²) in [6.07, 6.45) is -0.635. The van der Waals surface area contributed by atoms with Crippen LogP contribution < -0.4 is 40.2 Å². The molecule has 0 saturated carbocycles. The van der Waals surface area contributed by atoms with Crippen molar-refractivity contribution in [1.29, 1.82) is 0 Å². The van der Waals surface area contributed by atoms with Crippen molar-refractivity contribution in [1.82, 2.24) is 10.6 Å². The van der Waals surface area contributed by atoms with Crippen molar-refractivity contribution in [2.24, 2.45) is 0 Å². The van der Waals surface area contributed by atoms with E-state index in [1.807, 2.05) is 0 Å². The van der Waals surface area contributed by atoms with E-state index in [9.17, 15) is 19.2 Å². The number of alkyl carbamates (subject to hydrolysis) is 2. The van der Waals surface area contributed by atoms with Crippen molar-refractivity contribution >= 4 is 24.1 Å². The Balaban J connectivity index is -0.00000450. The summed E-state index contributed by atoms with van der Waals surface area (Å²) in [7, 11) is 0. The number of esters is 2. The van der Waals surface area contributed by atoms with Crippen molar-refractivity contribution in [2.75, 3.05) is 19.7 Å². The van der Waals surface area contributed by atoms with Crippen LogP contribution in [0, 0.1) is 0 Å². The quantitative estimate of drug-likeness (QED) is 0.189. The molecule has 32 heavy (non-hydrogen) atoms. The summed E-state index contributed by atoms with van der Waals surface area (Å²) in [6.45, 7) is 12.7. The smallest absolute Gasteiger partial charge is 1.00 e. The molecule has 182 valence electrons. The first-order valence-electron chi connectivity index (χ1n) is 10.5. The van der Waals surface area contributed by atoms with Gasteiger partial charge in [-0.05, 0) is 61.3 Å². The van der Waals surface area contributed by atoms with Gasteiger partial charge in [0.2, 0.25) is 0 Å². The third-order valence-electron chi connectivity index (χ3n) is 3.26. The average Bonchev–Trinajstić information content (AvgIpc) is 2.57. The second kappa shape index (κ2) is 16.1. The minimum Gasteiger partial charge on any atom is -1.00 e. The zero-order chi connectivity index (χ0) is 24.1. The van der Waals surface area contributed by atoms with Crippen molar-refractivity contribution < 1.29 is 69.1 Å². The minimum atomic E-state index is -0.588. The number of rotatable bonds is 11. The van der Waals surface area contributed by atoms with Crippen LogP contribution in [0.5, 0.6) is 0 Å². The molecule has 0 bridgehead atoms. The standard InChI is InChI=1S/C21H38N2O8.Na.H/c1-15(29-17(25)11-9-13-23-19(27)31-21(5,6)7)14-28-16(24)10-8-12-22-18(26)30-20(2,3)4;;/h15H,8-14H2,1-7H3,(H,22,26)(H,23,27);;/q;+1;-1. The summed E-state index contributed by atoms with van der Waals surface area (Å²) in [5.41, 5.74) is -1.16. The van der Waals surface area contributed by atoms with Gasteiger partial charge in [-0.3, -0.25) is 9.59 Å². The zero-order valence-electron chi connectivity index (χ0n) is 21.8. The van der Waals surface area contributed by atoms with Gasteiger partial charge in [0.1, 0.15) is 23.9 Å². The normalized spacial score (nSPS) is 12.0. The molecule has 0 fully saturated rings. The summed E-state index contributed by atoms with van der Waals surface area (Å²) in [4.78, 5) is 46.5. The van der Waals surface area contributed by atoms with E-state index in [2.05, 4.69) is 10.6 Å². The predicted octanol–water partition coefficient (Wildman–Crippen LogP) is 0.188. The van der Waals surface area contributed by atoms with E-state index >= 15 is 0 Å². The number of hydrogen-bond donors (Lipinski definition) is 2. The van der Waals surface area contributed by atoms with Crippen molar-refractivity contribution in [2.45, 2.75) is 91.5 Å². The molecule has 10 nitrogen and oxygen atoms in total. The Morgan fingerprint density at radius 2 is 1.19 bits per heavy atom. The van der Waals surface area contributed by atoms with Gasteiger partial charge >= 0.3 is 53.7 Å². The van der Waals surface area contributed by atoms with Crippen LogP contribution in [0.25, 0.3) is 0 Å². The molecule has 0 spiro atoms. The van der Waals surface area contributed by atoms with E-state index in [-0.39, 0.29) is 63.5 Å². The fourth-order valence-corrected chi connectivity index (χ4v) is 2.07. The van der Waals surface area contributed by atoms with Crippen LogP contribution in [0.2, 0.25) is 0 Å². The van der Waals surface area contributed by atoms with Crippen LogP contribution in [-0.4, -0.2) is 61.1 Å². The Bertz CT molecular complexity index is 606. The Hall–Kier alpha value is -1.52. The average molecular weight is 471 g/mol. The van der Waals surface area contributed by atoms with Gasteiger partial charge in [0.25, 0.3) is 0 Å². The molecule has 1 atom stereocenters. The maximum Gasteiger partial charge on any atom is 1.00 e. The molecule has 0 rings (SSSR count). The molecule has 0 aliphatic carbocycles. The van der Waals surface area contributed by atoms with Gasteiger partial charge in [-0.15, -0.1) is 0 Å². The molecule has 0 aromatic heterocycles. The number of carbonyl (C=O) groups is 4. The maximum atomic E-state index is 11.8. The number of hydrogen-bond acceptors (Lipinski definition) is 8. The fraction of sp³-hybridized carbons (Fsp3) is 0.810. The van der Waals surface area contributed by atoms with E-state index in [4.69, 9.17) is 18.9 Å². The molecule has 2 amide bonds. The van der Waals surface area contributed by atoms with Crippen LogP contribution in [0.15, 0.2) is 0 Å². The number of carbonyl (C=O) groups excluding carboxylic acids is 4. The zero-order valence-corrected chi connectivity index (χ0v) is 22.8. The van der Waals surface area contributed by atoms with Crippen molar-refractivity contribution in [3.05, 3.63) is 0 Å². The molecule has 2 N–H and O–H groups in total. The molecule has 0 aliphatic heterocycles. The second-order valence-corrected chi connectivity index (χ2v) is 9.05. The molecule has 0 aromatic carbocycles. The SMILES string of the molecule is CC(COC(=O)CCCNC(=O)OC(C)(C)C)OC(=O)CCCNC(=O)OC(C)(C)C.[H-].[Na+]. The molecule has 0 saturated heterocycles. The summed E-state index contributed by atoms with van der Waals surface area (Å²) < 4.78 is 20.4. The van der Waals surface area contributed by atoms with E-state index < -0.39 is 41.4 Å². The molecular formula is C21H39N2NaO8. The van der Waals surface area contributed by atoms with Crippen molar-refractivity contribution in [3.8, 4) is 0 Å². The summed E-state index contributed by atoms with van der Waals surface area (Å²) in [6, 6.07) is 0. The molecule has 0 aliphatic rings. The fourth-order valence-electron chi connectivity index (χ4n) is 2.07. The molecule has 0 heterocycles. The minimum absolute atomic E-state index is 0. The Morgan fingerprint density at radius 3 is 1.59 bits per heavy atom. The topological polar surface area (TPSA) is 129 Å². The monoisotopic (exact) mass is 470 g/mol. The molecule has 11 heteroatoms.